The van der Waals surface area contributed by atoms with E-state index in [0.29, 0.717) is 5.69 Å². The molecule has 0 aliphatic carbocycles. The third-order valence-corrected chi connectivity index (χ3v) is 3.26. The summed E-state index contributed by atoms with van der Waals surface area (Å²) in [5.41, 5.74) is 1.70. The molecule has 1 saturated heterocycles. The maximum absolute atomic E-state index is 12.0. The third kappa shape index (κ3) is 3.07. The molecule has 2 N–H and O–H groups in total. The van der Waals surface area contributed by atoms with Crippen LogP contribution in [0.4, 0.5) is 0 Å². The van der Waals surface area contributed by atoms with E-state index in [9.17, 15) is 4.79 Å². The van der Waals surface area contributed by atoms with Gasteiger partial charge in [0.2, 0.25) is 0 Å². The molecule has 0 unspecified atom stereocenters. The summed E-state index contributed by atoms with van der Waals surface area (Å²) in [6.45, 7) is 8.23. The summed E-state index contributed by atoms with van der Waals surface area (Å²) >= 11 is 0. The van der Waals surface area contributed by atoms with Crippen LogP contribution in [0, 0.1) is 0 Å². The van der Waals surface area contributed by atoms with Crippen LogP contribution in [0.25, 0.3) is 0 Å². The van der Waals surface area contributed by atoms with Crippen molar-refractivity contribution in [3.8, 4) is 0 Å². The van der Waals surface area contributed by atoms with Crippen LogP contribution in [-0.2, 0) is 5.41 Å². The zero-order chi connectivity index (χ0) is 13.2. The second-order valence-corrected chi connectivity index (χ2v) is 5.85. The van der Waals surface area contributed by atoms with Crippen LogP contribution in [-0.4, -0.2) is 30.0 Å². The molecule has 4 nitrogen and oxygen atoms in total. The van der Waals surface area contributed by atoms with Gasteiger partial charge in [-0.05, 0) is 30.0 Å². The van der Waals surface area contributed by atoms with Crippen LogP contribution in [0.1, 0.15) is 43.2 Å². The SMILES string of the molecule is CC(C)(C)c1ccc(C(=O)N[C@@H]2CCNC2)nc1. The highest BCUT2D eigenvalue weighted by molar-refractivity contribution is 5.92. The van der Waals surface area contributed by atoms with Crippen LogP contribution in [0.5, 0.6) is 0 Å². The Balaban J connectivity index is 2.02. The number of carbonyl (C=O) groups excluding carboxylic acids is 1. The highest BCUT2D eigenvalue weighted by Gasteiger charge is 2.19. The molecule has 98 valence electrons. The van der Waals surface area contributed by atoms with Gasteiger partial charge < -0.3 is 10.6 Å². The van der Waals surface area contributed by atoms with Gasteiger partial charge in [-0.3, -0.25) is 9.78 Å². The minimum atomic E-state index is -0.0795. The Kier molecular flexibility index (Phi) is 3.66. The lowest BCUT2D eigenvalue weighted by Crippen LogP contribution is -2.36. The first-order valence-corrected chi connectivity index (χ1v) is 6.45. The van der Waals surface area contributed by atoms with Gasteiger partial charge in [-0.2, -0.15) is 0 Å². The Bertz CT molecular complexity index is 414. The summed E-state index contributed by atoms with van der Waals surface area (Å²) in [5.74, 6) is -0.0795. The Hall–Kier alpha value is -1.42. The van der Waals surface area contributed by atoms with Crippen molar-refractivity contribution in [3.63, 3.8) is 0 Å². The van der Waals surface area contributed by atoms with Gasteiger partial charge in [-0.15, -0.1) is 0 Å². The largest absolute Gasteiger partial charge is 0.347 e. The summed E-state index contributed by atoms with van der Waals surface area (Å²) in [5, 5.41) is 6.21. The molecule has 2 rings (SSSR count). The Morgan fingerprint density at radius 3 is 2.72 bits per heavy atom. The molecule has 1 atom stereocenters. The molecule has 1 aromatic rings. The lowest BCUT2D eigenvalue weighted by Gasteiger charge is -2.18. The number of carbonyl (C=O) groups is 1. The van der Waals surface area contributed by atoms with E-state index >= 15 is 0 Å². The number of nitrogens with zero attached hydrogens (tertiary/aromatic N) is 1. The predicted molar refractivity (Wildman–Crippen MR) is 71.7 cm³/mol. The number of rotatable bonds is 2. The summed E-state index contributed by atoms with van der Waals surface area (Å²) < 4.78 is 0. The highest BCUT2D eigenvalue weighted by atomic mass is 16.1. The zero-order valence-electron chi connectivity index (χ0n) is 11.3. The Morgan fingerprint density at radius 2 is 2.22 bits per heavy atom. The third-order valence-electron chi connectivity index (χ3n) is 3.26. The molecule has 0 aromatic carbocycles. The normalized spacial score (nSPS) is 19.8. The Morgan fingerprint density at radius 1 is 1.44 bits per heavy atom. The van der Waals surface area contributed by atoms with E-state index < -0.39 is 0 Å². The minimum absolute atomic E-state index is 0.0668. The zero-order valence-corrected chi connectivity index (χ0v) is 11.3. The van der Waals surface area contributed by atoms with Gasteiger partial charge in [-0.25, -0.2) is 0 Å². The van der Waals surface area contributed by atoms with Crippen LogP contribution in [0.3, 0.4) is 0 Å². The molecule has 0 spiro atoms. The van der Waals surface area contributed by atoms with Crippen molar-refractivity contribution in [3.05, 3.63) is 29.6 Å². The van der Waals surface area contributed by atoms with Gasteiger partial charge in [0, 0.05) is 18.8 Å². The van der Waals surface area contributed by atoms with Crippen LogP contribution >= 0.6 is 0 Å². The maximum atomic E-state index is 12.0. The quantitative estimate of drug-likeness (QED) is 0.832. The Labute approximate surface area is 108 Å². The average Bonchev–Trinajstić information content (AvgIpc) is 2.81. The first-order valence-electron chi connectivity index (χ1n) is 6.45. The van der Waals surface area contributed by atoms with Crippen molar-refractivity contribution < 1.29 is 4.79 Å². The summed E-state index contributed by atoms with van der Waals surface area (Å²) in [7, 11) is 0. The van der Waals surface area contributed by atoms with Gasteiger partial charge in [0.15, 0.2) is 0 Å². The first kappa shape index (κ1) is 13.0. The summed E-state index contributed by atoms with van der Waals surface area (Å²) in [4.78, 5) is 16.2. The lowest BCUT2D eigenvalue weighted by atomic mass is 9.88. The molecular formula is C14H21N3O. The molecule has 2 heterocycles. The maximum Gasteiger partial charge on any atom is 0.270 e. The topological polar surface area (TPSA) is 54.0 Å². The second-order valence-electron chi connectivity index (χ2n) is 5.85. The van der Waals surface area contributed by atoms with E-state index in [1.165, 1.54) is 0 Å². The monoisotopic (exact) mass is 247 g/mol. The fourth-order valence-electron chi connectivity index (χ4n) is 2.01. The number of nitrogens with one attached hydrogen (secondary N) is 2. The van der Waals surface area contributed by atoms with E-state index in [1.807, 2.05) is 6.07 Å². The summed E-state index contributed by atoms with van der Waals surface area (Å²) in [6.07, 6.45) is 2.79. The standard InChI is InChI=1S/C14H21N3O/c1-14(2,3)10-4-5-12(16-8-10)13(18)17-11-6-7-15-9-11/h4-5,8,11,15H,6-7,9H2,1-3H3,(H,17,18)/t11-/m1/s1. The van der Waals surface area contributed by atoms with Gasteiger partial charge in [0.1, 0.15) is 5.69 Å². The van der Waals surface area contributed by atoms with Crippen molar-refractivity contribution in [2.75, 3.05) is 13.1 Å². The fourth-order valence-corrected chi connectivity index (χ4v) is 2.01. The van der Waals surface area contributed by atoms with Crippen molar-refractivity contribution in [1.29, 1.82) is 0 Å². The number of pyridine rings is 1. The average molecular weight is 247 g/mol. The number of aromatic nitrogens is 1. The number of hydrogen-bond donors (Lipinski definition) is 2. The molecule has 1 aliphatic rings. The van der Waals surface area contributed by atoms with Gasteiger partial charge in [-0.1, -0.05) is 26.8 Å². The highest BCUT2D eigenvalue weighted by Crippen LogP contribution is 2.20. The van der Waals surface area contributed by atoms with Gasteiger partial charge in [0.25, 0.3) is 5.91 Å². The fraction of sp³-hybridized carbons (Fsp3) is 0.571. The van der Waals surface area contributed by atoms with Crippen LogP contribution in [0.2, 0.25) is 0 Å². The van der Waals surface area contributed by atoms with Crippen LogP contribution in [0.15, 0.2) is 18.3 Å². The number of amides is 1. The van der Waals surface area contributed by atoms with E-state index in [2.05, 4.69) is 36.4 Å². The lowest BCUT2D eigenvalue weighted by molar-refractivity contribution is 0.0935. The first-order chi connectivity index (χ1) is 8.47. The second kappa shape index (κ2) is 5.06. The molecule has 18 heavy (non-hydrogen) atoms. The molecule has 0 saturated carbocycles. The van der Waals surface area contributed by atoms with Gasteiger partial charge >= 0.3 is 0 Å². The summed E-state index contributed by atoms with van der Waals surface area (Å²) in [6, 6.07) is 4.02. The number of hydrogen-bond acceptors (Lipinski definition) is 3. The van der Waals surface area contributed by atoms with E-state index in [-0.39, 0.29) is 17.4 Å². The molecule has 1 aromatic heterocycles. The predicted octanol–water partition coefficient (Wildman–Crippen LogP) is 1.47. The van der Waals surface area contributed by atoms with Crippen molar-refractivity contribution in [2.24, 2.45) is 0 Å². The molecule has 1 amide bonds. The smallest absolute Gasteiger partial charge is 0.270 e. The minimum Gasteiger partial charge on any atom is -0.347 e. The molecule has 1 aliphatic heterocycles. The molecule has 1 fully saturated rings. The van der Waals surface area contributed by atoms with E-state index in [4.69, 9.17) is 0 Å². The molecule has 0 bridgehead atoms. The van der Waals surface area contributed by atoms with Crippen molar-refractivity contribution in [2.45, 2.75) is 38.6 Å². The van der Waals surface area contributed by atoms with Crippen molar-refractivity contribution in [1.82, 2.24) is 15.6 Å². The molecular weight excluding hydrogens is 226 g/mol. The van der Waals surface area contributed by atoms with E-state index in [0.717, 1.165) is 25.1 Å². The van der Waals surface area contributed by atoms with Crippen LogP contribution < -0.4 is 10.6 Å². The van der Waals surface area contributed by atoms with Gasteiger partial charge in [0.05, 0.1) is 0 Å². The molecule has 4 heteroatoms. The molecule has 0 radical (unpaired) electrons. The van der Waals surface area contributed by atoms with Crippen molar-refractivity contribution >= 4 is 5.91 Å². The van der Waals surface area contributed by atoms with E-state index in [1.54, 1.807) is 12.3 Å².